The first-order valence-electron chi connectivity index (χ1n) is 9.03. The van der Waals surface area contributed by atoms with Gasteiger partial charge in [-0.2, -0.15) is 0 Å². The van der Waals surface area contributed by atoms with Gasteiger partial charge in [-0.15, -0.1) is 0 Å². The number of aromatic nitrogens is 2. The van der Waals surface area contributed by atoms with Gasteiger partial charge in [-0.3, -0.25) is 9.59 Å². The Morgan fingerprint density at radius 2 is 2.07 bits per heavy atom. The molecular formula is C18H22BrN5O4S. The summed E-state index contributed by atoms with van der Waals surface area (Å²) < 4.78 is 28.5. The van der Waals surface area contributed by atoms with E-state index in [1.165, 1.54) is 23.9 Å². The van der Waals surface area contributed by atoms with E-state index in [1.807, 2.05) is 0 Å². The molecule has 29 heavy (non-hydrogen) atoms. The number of anilines is 1. The lowest BCUT2D eigenvalue weighted by Crippen LogP contribution is -2.44. The zero-order valence-electron chi connectivity index (χ0n) is 16.1. The fourth-order valence-electron chi connectivity index (χ4n) is 3.23. The average Bonchev–Trinajstić information content (AvgIpc) is 3.11. The first-order chi connectivity index (χ1) is 13.7. The smallest absolute Gasteiger partial charge is 0.270 e. The van der Waals surface area contributed by atoms with Crippen LogP contribution in [0.5, 0.6) is 0 Å². The van der Waals surface area contributed by atoms with E-state index >= 15 is 0 Å². The van der Waals surface area contributed by atoms with Crippen molar-refractivity contribution >= 4 is 43.6 Å². The van der Waals surface area contributed by atoms with Crippen LogP contribution in [0.15, 0.2) is 40.0 Å². The highest BCUT2D eigenvalue weighted by Crippen LogP contribution is 2.22. The molecule has 1 aliphatic rings. The fraction of sp³-hybridized carbons (Fsp3) is 0.389. The van der Waals surface area contributed by atoms with Gasteiger partial charge in [-0.1, -0.05) is 0 Å². The number of carbonyl (C=O) groups excluding carboxylic acids is 2. The van der Waals surface area contributed by atoms with Crippen molar-refractivity contribution in [2.75, 3.05) is 25.5 Å². The molecule has 2 amide bonds. The van der Waals surface area contributed by atoms with Crippen molar-refractivity contribution in [2.24, 2.45) is 13.0 Å². The molecule has 0 saturated carbocycles. The average molecular weight is 484 g/mol. The van der Waals surface area contributed by atoms with Gasteiger partial charge in [0.1, 0.15) is 16.4 Å². The molecule has 3 rings (SSSR count). The summed E-state index contributed by atoms with van der Waals surface area (Å²) in [5, 5.41) is 2.78. The lowest BCUT2D eigenvalue weighted by molar-refractivity contribution is -0.121. The number of hydrogen-bond donors (Lipinski definition) is 2. The number of piperidine rings is 1. The van der Waals surface area contributed by atoms with Crippen molar-refractivity contribution < 1.29 is 18.0 Å². The molecule has 156 valence electrons. The second kappa shape index (κ2) is 8.64. The van der Waals surface area contributed by atoms with Crippen LogP contribution in [0.3, 0.4) is 0 Å². The predicted molar refractivity (Wildman–Crippen MR) is 111 cm³/mol. The summed E-state index contributed by atoms with van der Waals surface area (Å²) in [6.07, 6.45) is 4.34. The normalized spacial score (nSPS) is 17.2. The molecule has 1 aliphatic heterocycles. The van der Waals surface area contributed by atoms with Crippen LogP contribution in [-0.4, -0.2) is 54.8 Å². The molecule has 0 aromatic carbocycles. The predicted octanol–water partition coefficient (Wildman–Crippen LogP) is 1.58. The highest BCUT2D eigenvalue weighted by atomic mass is 79.9. The number of nitrogens with zero attached hydrogens (tertiary/aromatic N) is 3. The zero-order chi connectivity index (χ0) is 21.2. The van der Waals surface area contributed by atoms with Gasteiger partial charge in [-0.05, 0) is 54.0 Å². The molecule has 0 radical (unpaired) electrons. The Kier molecular flexibility index (Phi) is 6.39. The number of halogens is 1. The number of amides is 2. The third-order valence-electron chi connectivity index (χ3n) is 4.84. The minimum absolute atomic E-state index is 0.0264. The van der Waals surface area contributed by atoms with Crippen molar-refractivity contribution in [3.05, 3.63) is 40.8 Å². The van der Waals surface area contributed by atoms with Crippen molar-refractivity contribution in [3.8, 4) is 0 Å². The van der Waals surface area contributed by atoms with Gasteiger partial charge in [0.25, 0.3) is 5.91 Å². The number of nitrogens with one attached hydrogen (secondary N) is 2. The van der Waals surface area contributed by atoms with Gasteiger partial charge in [0.2, 0.25) is 15.9 Å². The Morgan fingerprint density at radius 1 is 1.31 bits per heavy atom. The number of rotatable bonds is 5. The fourth-order valence-corrected chi connectivity index (χ4v) is 4.26. The summed E-state index contributed by atoms with van der Waals surface area (Å²) in [5.74, 6) is -0.406. The van der Waals surface area contributed by atoms with E-state index in [0.717, 1.165) is 4.47 Å². The quantitative estimate of drug-likeness (QED) is 0.669. The molecule has 0 spiro atoms. The van der Waals surface area contributed by atoms with Gasteiger partial charge >= 0.3 is 0 Å². The molecule has 0 bridgehead atoms. The summed E-state index contributed by atoms with van der Waals surface area (Å²) >= 11 is 3.30. The third kappa shape index (κ3) is 4.85. The van der Waals surface area contributed by atoms with Crippen LogP contribution in [0, 0.1) is 5.92 Å². The van der Waals surface area contributed by atoms with Gasteiger partial charge in [-0.25, -0.2) is 18.1 Å². The highest BCUT2D eigenvalue weighted by molar-refractivity contribution is 9.10. The van der Waals surface area contributed by atoms with Crippen molar-refractivity contribution in [2.45, 2.75) is 17.7 Å². The van der Waals surface area contributed by atoms with Gasteiger partial charge in [0.15, 0.2) is 0 Å². The van der Waals surface area contributed by atoms with Gasteiger partial charge in [0, 0.05) is 37.0 Å². The minimum Gasteiger partial charge on any atom is -0.345 e. The highest BCUT2D eigenvalue weighted by Gasteiger charge is 2.31. The molecule has 3 heterocycles. The molecule has 2 N–H and O–H groups in total. The van der Waals surface area contributed by atoms with Crippen molar-refractivity contribution in [1.29, 1.82) is 0 Å². The first-order valence-corrected chi connectivity index (χ1v) is 11.3. The van der Waals surface area contributed by atoms with Crippen LogP contribution in [0.1, 0.15) is 23.3 Å². The summed E-state index contributed by atoms with van der Waals surface area (Å²) in [6, 6.07) is 4.83. The number of likely N-dealkylation sites (tertiary alicyclic amines) is 1. The second-order valence-corrected chi connectivity index (χ2v) is 9.62. The van der Waals surface area contributed by atoms with E-state index < -0.39 is 10.0 Å². The third-order valence-corrected chi connectivity index (χ3v) is 6.69. The standard InChI is InChI=1S/C18H22BrN5O4S/c1-20-29(27,28)14-8-15(23(2)11-14)18(26)24-7-3-4-12(10-24)17(25)22-16-6-5-13(19)9-21-16/h5-6,8-9,11-12,20H,3-4,7,10H2,1-2H3,(H,21,22,25). The molecule has 1 atom stereocenters. The molecule has 1 fully saturated rings. The monoisotopic (exact) mass is 483 g/mol. The van der Waals surface area contributed by atoms with E-state index in [-0.39, 0.29) is 34.9 Å². The molecule has 11 heteroatoms. The maximum Gasteiger partial charge on any atom is 0.270 e. The Balaban J connectivity index is 1.71. The number of sulfonamides is 1. The van der Waals surface area contributed by atoms with E-state index in [1.54, 1.807) is 30.3 Å². The SMILES string of the molecule is CNS(=O)(=O)c1cc(C(=O)N2CCCC(C(=O)Nc3ccc(Br)cn3)C2)n(C)c1. The Labute approximate surface area is 177 Å². The van der Waals surface area contributed by atoms with Crippen LogP contribution >= 0.6 is 15.9 Å². The van der Waals surface area contributed by atoms with Gasteiger partial charge in [0.05, 0.1) is 5.92 Å². The molecule has 2 aromatic rings. The van der Waals surface area contributed by atoms with Crippen LogP contribution in [0.2, 0.25) is 0 Å². The molecule has 0 aliphatic carbocycles. The Hall–Kier alpha value is -2.24. The molecule has 9 nitrogen and oxygen atoms in total. The van der Waals surface area contributed by atoms with Crippen LogP contribution in [0.4, 0.5) is 5.82 Å². The second-order valence-electron chi connectivity index (χ2n) is 6.82. The van der Waals surface area contributed by atoms with E-state index in [0.29, 0.717) is 25.2 Å². The number of aryl methyl sites for hydroxylation is 1. The molecule has 2 aromatic heterocycles. The maximum atomic E-state index is 13.0. The zero-order valence-corrected chi connectivity index (χ0v) is 18.5. The van der Waals surface area contributed by atoms with E-state index in [2.05, 4.69) is 31.0 Å². The van der Waals surface area contributed by atoms with Crippen molar-refractivity contribution in [1.82, 2.24) is 19.2 Å². The van der Waals surface area contributed by atoms with Gasteiger partial charge < -0.3 is 14.8 Å². The molecule has 1 saturated heterocycles. The summed E-state index contributed by atoms with van der Waals surface area (Å²) in [5.41, 5.74) is 0.259. The summed E-state index contributed by atoms with van der Waals surface area (Å²) in [7, 11) is -0.704. The molecular weight excluding hydrogens is 462 g/mol. The largest absolute Gasteiger partial charge is 0.345 e. The maximum absolute atomic E-state index is 13.0. The lowest BCUT2D eigenvalue weighted by Gasteiger charge is -2.32. The minimum atomic E-state index is -3.64. The topological polar surface area (TPSA) is 113 Å². The van der Waals surface area contributed by atoms with Crippen LogP contribution in [0.25, 0.3) is 0 Å². The van der Waals surface area contributed by atoms with E-state index in [9.17, 15) is 18.0 Å². The van der Waals surface area contributed by atoms with Crippen LogP contribution < -0.4 is 10.0 Å². The summed E-state index contributed by atoms with van der Waals surface area (Å²) in [6.45, 7) is 0.777. The Bertz CT molecular complexity index is 1020. The number of hydrogen-bond acceptors (Lipinski definition) is 5. The van der Waals surface area contributed by atoms with Crippen LogP contribution in [-0.2, 0) is 21.9 Å². The number of pyridine rings is 1. The van der Waals surface area contributed by atoms with Crippen molar-refractivity contribution in [3.63, 3.8) is 0 Å². The number of carbonyl (C=O) groups is 2. The first kappa shape index (κ1) is 21.5. The van der Waals surface area contributed by atoms with E-state index in [4.69, 9.17) is 0 Å². The summed E-state index contributed by atoms with van der Waals surface area (Å²) in [4.78, 5) is 31.3. The Morgan fingerprint density at radius 3 is 2.72 bits per heavy atom. The molecule has 1 unspecified atom stereocenters. The lowest BCUT2D eigenvalue weighted by atomic mass is 9.97.